The topological polar surface area (TPSA) is 0 Å². The van der Waals surface area contributed by atoms with Crippen LogP contribution < -0.4 is 0 Å². The van der Waals surface area contributed by atoms with E-state index in [0.29, 0.717) is 0 Å². The molecule has 58 valence electrons. The van der Waals surface area contributed by atoms with Crippen molar-refractivity contribution >= 4 is 31.9 Å². The lowest BCUT2D eigenvalue weighted by atomic mass is 10.4. The highest BCUT2D eigenvalue weighted by molar-refractivity contribution is 9.11. The van der Waals surface area contributed by atoms with Gasteiger partial charge in [-0.05, 0) is 24.3 Å². The van der Waals surface area contributed by atoms with Crippen LogP contribution in [0.3, 0.4) is 0 Å². The Balaban J connectivity index is 0. The molecule has 0 radical (unpaired) electrons. The average molecular weight is 268 g/mol. The number of benzene rings is 1. The Labute approximate surface area is 79.9 Å². The number of rotatable bonds is 0. The van der Waals surface area contributed by atoms with Crippen molar-refractivity contribution in [3.63, 3.8) is 0 Å². The van der Waals surface area contributed by atoms with E-state index in [4.69, 9.17) is 0 Å². The third-order valence-corrected chi connectivity index (χ3v) is 1.86. The first-order valence-electron chi connectivity index (χ1n) is 2.20. The van der Waals surface area contributed by atoms with Crippen LogP contribution in [-0.2, 0) is 0 Å². The van der Waals surface area contributed by atoms with Crippen molar-refractivity contribution in [3.8, 4) is 0 Å². The zero-order chi connectivity index (χ0) is 5.98. The summed E-state index contributed by atoms with van der Waals surface area (Å²) in [6, 6.07) is 7.96. The van der Waals surface area contributed by atoms with Gasteiger partial charge < -0.3 is 0 Å². The molecule has 0 aliphatic carbocycles. The fraction of sp³-hybridized carbons (Fsp3) is 0.250. The maximum absolute atomic E-state index is 3.32. The molecule has 0 unspecified atom stereocenters. The predicted molar refractivity (Wildman–Crippen MR) is 55.3 cm³/mol. The molecule has 1 aromatic carbocycles. The van der Waals surface area contributed by atoms with Crippen LogP contribution in [0.4, 0.5) is 0 Å². The second-order valence-corrected chi connectivity index (χ2v) is 3.27. The zero-order valence-electron chi connectivity index (χ0n) is 4.07. The van der Waals surface area contributed by atoms with Gasteiger partial charge in [-0.15, -0.1) is 0 Å². The number of halogens is 2. The largest absolute Gasteiger partial charge is 0.0776 e. The molecule has 0 saturated carbocycles. The average Bonchev–Trinajstić information content (AvgIpc) is 1.77. The molecule has 0 amide bonds. The summed E-state index contributed by atoms with van der Waals surface area (Å²) in [5.74, 6) is 0. The van der Waals surface area contributed by atoms with Gasteiger partial charge in [0.1, 0.15) is 0 Å². The van der Waals surface area contributed by atoms with E-state index in [1.165, 1.54) is 0 Å². The third-order valence-electron chi connectivity index (χ3n) is 0.804. The van der Waals surface area contributed by atoms with Crippen molar-refractivity contribution in [1.82, 2.24) is 0 Å². The summed E-state index contributed by atoms with van der Waals surface area (Å²) in [6.45, 7) is 0. The predicted octanol–water partition coefficient (Wildman–Crippen LogP) is 4.48. The number of hydrogen-bond acceptors (Lipinski definition) is 0. The quantitative estimate of drug-likeness (QED) is 0.650. The van der Waals surface area contributed by atoms with Gasteiger partial charge in [0.2, 0.25) is 0 Å². The molecule has 0 spiro atoms. The molecular weight excluding hydrogens is 256 g/mol. The Morgan fingerprint density at radius 3 is 1.10 bits per heavy atom. The van der Waals surface area contributed by atoms with Crippen LogP contribution in [0.15, 0.2) is 33.2 Å². The van der Waals surface area contributed by atoms with Crippen molar-refractivity contribution in [2.45, 2.75) is 14.9 Å². The first-order chi connectivity index (χ1) is 3.79. The molecule has 0 atom stereocenters. The van der Waals surface area contributed by atoms with Gasteiger partial charge in [0, 0.05) is 8.95 Å². The second kappa shape index (κ2) is 5.93. The molecule has 0 aromatic heterocycles. The fourth-order valence-corrected chi connectivity index (χ4v) is 0.958. The summed E-state index contributed by atoms with van der Waals surface area (Å²) < 4.78 is 2.22. The maximum atomic E-state index is 3.32. The molecule has 0 fully saturated rings. The molecule has 0 aliphatic heterocycles. The van der Waals surface area contributed by atoms with Crippen molar-refractivity contribution < 1.29 is 0 Å². The zero-order valence-corrected chi connectivity index (χ0v) is 7.24. The van der Waals surface area contributed by atoms with Gasteiger partial charge in [-0.2, -0.15) is 0 Å². The summed E-state index contributed by atoms with van der Waals surface area (Å²) in [5.41, 5.74) is 0. The Morgan fingerprint density at radius 2 is 0.900 bits per heavy atom. The normalized spacial score (nSPS) is 7.40. The van der Waals surface area contributed by atoms with Crippen molar-refractivity contribution in [1.29, 1.82) is 0 Å². The highest BCUT2D eigenvalue weighted by atomic mass is 79.9. The minimum absolute atomic E-state index is 0. The van der Waals surface area contributed by atoms with Gasteiger partial charge in [0.25, 0.3) is 0 Å². The van der Waals surface area contributed by atoms with E-state index in [-0.39, 0.29) is 14.9 Å². The van der Waals surface area contributed by atoms with Crippen molar-refractivity contribution in [2.24, 2.45) is 0 Å². The third kappa shape index (κ3) is 4.07. The van der Waals surface area contributed by atoms with Crippen molar-refractivity contribution in [3.05, 3.63) is 33.2 Å². The van der Waals surface area contributed by atoms with Crippen LogP contribution in [0.25, 0.3) is 0 Å². The smallest absolute Gasteiger partial charge is 0.0176 e. The van der Waals surface area contributed by atoms with Crippen LogP contribution in [0, 0.1) is 0 Å². The van der Waals surface area contributed by atoms with Crippen LogP contribution in [0.1, 0.15) is 14.9 Å². The first-order valence-corrected chi connectivity index (χ1v) is 3.79. The molecule has 0 nitrogen and oxygen atoms in total. The SMILES string of the molecule is Brc1ccc(Br)cc1.C.C. The molecule has 10 heavy (non-hydrogen) atoms. The van der Waals surface area contributed by atoms with E-state index in [1.807, 2.05) is 24.3 Å². The van der Waals surface area contributed by atoms with Crippen LogP contribution in [-0.4, -0.2) is 0 Å². The van der Waals surface area contributed by atoms with E-state index < -0.39 is 0 Å². The molecule has 0 heterocycles. The summed E-state index contributed by atoms with van der Waals surface area (Å²) in [4.78, 5) is 0. The van der Waals surface area contributed by atoms with Gasteiger partial charge in [-0.3, -0.25) is 0 Å². The summed E-state index contributed by atoms with van der Waals surface area (Å²) in [5, 5.41) is 0. The van der Waals surface area contributed by atoms with Gasteiger partial charge in [0.15, 0.2) is 0 Å². The monoisotopic (exact) mass is 266 g/mol. The lowest BCUT2D eigenvalue weighted by Gasteiger charge is -1.86. The van der Waals surface area contributed by atoms with Crippen LogP contribution in [0.2, 0.25) is 0 Å². The summed E-state index contributed by atoms with van der Waals surface area (Å²) in [7, 11) is 0. The molecule has 0 aliphatic rings. The van der Waals surface area contributed by atoms with E-state index in [1.54, 1.807) is 0 Å². The minimum atomic E-state index is 0. The lowest BCUT2D eigenvalue weighted by molar-refractivity contribution is 1.61. The Kier molecular flexibility index (Phi) is 7.60. The lowest BCUT2D eigenvalue weighted by Crippen LogP contribution is -1.61. The maximum Gasteiger partial charge on any atom is 0.0176 e. The van der Waals surface area contributed by atoms with Gasteiger partial charge in [-0.25, -0.2) is 0 Å². The summed E-state index contributed by atoms with van der Waals surface area (Å²) >= 11 is 6.65. The number of hydrogen-bond donors (Lipinski definition) is 0. The Bertz CT molecular complexity index is 146. The van der Waals surface area contributed by atoms with Crippen molar-refractivity contribution in [2.75, 3.05) is 0 Å². The Hall–Kier alpha value is 0.180. The van der Waals surface area contributed by atoms with Gasteiger partial charge in [0.05, 0.1) is 0 Å². The molecule has 1 aromatic rings. The summed E-state index contributed by atoms with van der Waals surface area (Å²) in [6.07, 6.45) is 0. The molecule has 2 heteroatoms. The Morgan fingerprint density at radius 1 is 0.700 bits per heavy atom. The molecule has 0 bridgehead atoms. The minimum Gasteiger partial charge on any atom is -0.0776 e. The highest BCUT2D eigenvalue weighted by Crippen LogP contribution is 2.13. The van der Waals surface area contributed by atoms with Gasteiger partial charge in [-0.1, -0.05) is 46.7 Å². The van der Waals surface area contributed by atoms with Gasteiger partial charge >= 0.3 is 0 Å². The second-order valence-electron chi connectivity index (χ2n) is 1.44. The standard InChI is InChI=1S/C6H4Br2.2CH4/c7-5-1-2-6(8)4-3-5;;/h1-4H;2*1H4. The van der Waals surface area contributed by atoms with E-state index in [0.717, 1.165) is 8.95 Å². The van der Waals surface area contributed by atoms with Crippen LogP contribution >= 0.6 is 31.9 Å². The molecule has 1 rings (SSSR count). The van der Waals surface area contributed by atoms with E-state index >= 15 is 0 Å². The van der Waals surface area contributed by atoms with Crippen LogP contribution in [0.5, 0.6) is 0 Å². The molecule has 0 N–H and O–H groups in total. The highest BCUT2D eigenvalue weighted by Gasteiger charge is 1.83. The fourth-order valence-electron chi connectivity index (χ4n) is 0.430. The molecule has 0 saturated heterocycles. The van der Waals surface area contributed by atoms with E-state index in [9.17, 15) is 0 Å². The first kappa shape index (κ1) is 12.8. The van der Waals surface area contributed by atoms with E-state index in [2.05, 4.69) is 31.9 Å². The molecular formula is C8H12Br2.